The molecule has 0 spiro atoms. The molecule has 5 nitrogen and oxygen atoms in total. The molecule has 1 atom stereocenters. The van der Waals surface area contributed by atoms with Crippen LogP contribution in [-0.4, -0.2) is 22.8 Å². The first kappa shape index (κ1) is 17.0. The van der Waals surface area contributed by atoms with E-state index in [2.05, 4.69) is 5.32 Å². The first-order valence-electron chi connectivity index (χ1n) is 6.78. The van der Waals surface area contributed by atoms with Crippen LogP contribution < -0.4 is 5.32 Å². The zero-order chi connectivity index (χ0) is 16.4. The lowest BCUT2D eigenvalue weighted by Crippen LogP contribution is -2.51. The van der Waals surface area contributed by atoms with Crippen molar-refractivity contribution < 1.29 is 19.4 Å². The average molecular weight is 293 g/mol. The van der Waals surface area contributed by atoms with Crippen molar-refractivity contribution in [2.75, 3.05) is 0 Å². The summed E-state index contributed by atoms with van der Waals surface area (Å²) in [4.78, 5) is 23.6. The van der Waals surface area contributed by atoms with Gasteiger partial charge < -0.3 is 15.2 Å². The Balaban J connectivity index is 3.15. The number of rotatable bonds is 3. The summed E-state index contributed by atoms with van der Waals surface area (Å²) in [6, 6.07) is 5.42. The molecule has 0 aliphatic rings. The molecular formula is C16H23NO4. The maximum absolute atomic E-state index is 11.9. The van der Waals surface area contributed by atoms with Crippen LogP contribution in [0.25, 0.3) is 0 Å². The topological polar surface area (TPSA) is 75.6 Å². The fraction of sp³-hybridized carbons (Fsp3) is 0.500. The van der Waals surface area contributed by atoms with Crippen LogP contribution in [0.2, 0.25) is 0 Å². The summed E-state index contributed by atoms with van der Waals surface area (Å²) in [5, 5.41) is 12.0. The van der Waals surface area contributed by atoms with Crippen molar-refractivity contribution >= 4 is 12.1 Å². The normalized spacial score (nSPS) is 14.2. The molecule has 0 aliphatic carbocycles. The molecule has 1 amide bonds. The molecule has 0 aliphatic heterocycles. The van der Waals surface area contributed by atoms with E-state index in [0.29, 0.717) is 5.56 Å². The molecule has 1 rings (SSSR count). The Bertz CT molecular complexity index is 560. The molecule has 0 saturated carbocycles. The van der Waals surface area contributed by atoms with Crippen molar-refractivity contribution in [3.63, 3.8) is 0 Å². The third kappa shape index (κ3) is 4.21. The van der Waals surface area contributed by atoms with Gasteiger partial charge in [0.05, 0.1) is 0 Å². The first-order chi connectivity index (χ1) is 9.45. The highest BCUT2D eigenvalue weighted by Gasteiger charge is 2.39. The van der Waals surface area contributed by atoms with Gasteiger partial charge in [-0.05, 0) is 52.7 Å². The molecule has 1 unspecified atom stereocenters. The van der Waals surface area contributed by atoms with Gasteiger partial charge in [-0.15, -0.1) is 0 Å². The molecule has 0 aromatic heterocycles. The lowest BCUT2D eigenvalue weighted by molar-refractivity contribution is -0.144. The number of nitrogens with one attached hydrogen (secondary N) is 1. The standard InChI is InChI=1S/C16H23NO4/c1-10-7-8-12(11(2)9-10)16(6,13(18)19)17-14(20)21-15(3,4)5/h7-9H,1-6H3,(H,17,20)(H,18,19). The number of aryl methyl sites for hydroxylation is 2. The molecule has 1 aromatic carbocycles. The van der Waals surface area contributed by atoms with Crippen LogP contribution in [0.4, 0.5) is 4.79 Å². The Morgan fingerprint density at radius 2 is 1.71 bits per heavy atom. The molecule has 1 aromatic rings. The zero-order valence-corrected chi connectivity index (χ0v) is 13.4. The number of carboxylic acids is 1. The molecule has 0 saturated heterocycles. The Hall–Kier alpha value is -2.04. The van der Waals surface area contributed by atoms with Crippen molar-refractivity contribution in [1.29, 1.82) is 0 Å². The second kappa shape index (κ2) is 5.76. The molecular weight excluding hydrogens is 270 g/mol. The molecule has 116 valence electrons. The van der Waals surface area contributed by atoms with Crippen molar-refractivity contribution in [2.24, 2.45) is 0 Å². The highest BCUT2D eigenvalue weighted by atomic mass is 16.6. The first-order valence-corrected chi connectivity index (χ1v) is 6.78. The number of ether oxygens (including phenoxy) is 1. The number of hydrogen-bond donors (Lipinski definition) is 2. The fourth-order valence-electron chi connectivity index (χ4n) is 2.12. The van der Waals surface area contributed by atoms with Gasteiger partial charge in [0.15, 0.2) is 5.54 Å². The van der Waals surface area contributed by atoms with Crippen LogP contribution >= 0.6 is 0 Å². The van der Waals surface area contributed by atoms with Gasteiger partial charge in [-0.3, -0.25) is 0 Å². The Morgan fingerprint density at radius 1 is 1.14 bits per heavy atom. The minimum atomic E-state index is -1.54. The number of amides is 1. The lowest BCUT2D eigenvalue weighted by atomic mass is 9.88. The summed E-state index contributed by atoms with van der Waals surface area (Å²) < 4.78 is 5.16. The molecule has 2 N–H and O–H groups in total. The lowest BCUT2D eigenvalue weighted by Gasteiger charge is -2.30. The molecule has 0 bridgehead atoms. The Labute approximate surface area is 125 Å². The van der Waals surface area contributed by atoms with Gasteiger partial charge in [-0.25, -0.2) is 9.59 Å². The van der Waals surface area contributed by atoms with Gasteiger partial charge in [0.1, 0.15) is 5.60 Å². The van der Waals surface area contributed by atoms with Crippen LogP contribution in [-0.2, 0) is 15.1 Å². The maximum atomic E-state index is 11.9. The van der Waals surface area contributed by atoms with E-state index in [1.165, 1.54) is 6.92 Å². The van der Waals surface area contributed by atoms with Gasteiger partial charge in [0, 0.05) is 0 Å². The van der Waals surface area contributed by atoms with Crippen LogP contribution in [0.3, 0.4) is 0 Å². The SMILES string of the molecule is Cc1ccc(C(C)(NC(=O)OC(C)(C)C)C(=O)O)c(C)c1. The van der Waals surface area contributed by atoms with Crippen molar-refractivity contribution in [1.82, 2.24) is 5.32 Å². The quantitative estimate of drug-likeness (QED) is 0.897. The number of aliphatic carboxylic acids is 1. The van der Waals surface area contributed by atoms with Gasteiger partial charge >= 0.3 is 12.1 Å². The van der Waals surface area contributed by atoms with E-state index in [1.54, 1.807) is 26.8 Å². The Kier molecular flexibility index (Phi) is 4.66. The maximum Gasteiger partial charge on any atom is 0.408 e. The minimum Gasteiger partial charge on any atom is -0.479 e. The molecule has 21 heavy (non-hydrogen) atoms. The van der Waals surface area contributed by atoms with E-state index in [1.807, 2.05) is 26.0 Å². The van der Waals surface area contributed by atoms with E-state index >= 15 is 0 Å². The Morgan fingerprint density at radius 3 is 2.14 bits per heavy atom. The number of benzene rings is 1. The van der Waals surface area contributed by atoms with Gasteiger partial charge in [-0.2, -0.15) is 0 Å². The fourth-order valence-corrected chi connectivity index (χ4v) is 2.12. The van der Waals surface area contributed by atoms with E-state index in [0.717, 1.165) is 11.1 Å². The smallest absolute Gasteiger partial charge is 0.408 e. The monoisotopic (exact) mass is 293 g/mol. The summed E-state index contributed by atoms with van der Waals surface area (Å²) in [6.45, 7) is 10.4. The molecule has 0 radical (unpaired) electrons. The molecule has 0 fully saturated rings. The summed E-state index contributed by atoms with van der Waals surface area (Å²) in [6.07, 6.45) is -0.757. The predicted molar refractivity (Wildman–Crippen MR) is 80.3 cm³/mol. The minimum absolute atomic E-state index is 0.534. The number of carbonyl (C=O) groups is 2. The van der Waals surface area contributed by atoms with Crippen molar-refractivity contribution in [3.8, 4) is 0 Å². The number of carbonyl (C=O) groups excluding carboxylic acids is 1. The predicted octanol–water partition coefficient (Wildman–Crippen LogP) is 3.13. The second-order valence-electron chi connectivity index (χ2n) is 6.38. The second-order valence-corrected chi connectivity index (χ2v) is 6.38. The number of hydrogen-bond acceptors (Lipinski definition) is 3. The van der Waals surface area contributed by atoms with E-state index < -0.39 is 23.2 Å². The summed E-state index contributed by atoms with van der Waals surface area (Å²) in [5.41, 5.74) is 0.134. The summed E-state index contributed by atoms with van der Waals surface area (Å²) in [7, 11) is 0. The van der Waals surface area contributed by atoms with E-state index in [4.69, 9.17) is 4.74 Å². The third-order valence-electron chi connectivity index (χ3n) is 3.10. The van der Waals surface area contributed by atoms with Crippen LogP contribution in [0.5, 0.6) is 0 Å². The largest absolute Gasteiger partial charge is 0.479 e. The van der Waals surface area contributed by atoms with Crippen LogP contribution in [0, 0.1) is 13.8 Å². The zero-order valence-electron chi connectivity index (χ0n) is 13.4. The van der Waals surface area contributed by atoms with E-state index in [-0.39, 0.29) is 0 Å². The van der Waals surface area contributed by atoms with E-state index in [9.17, 15) is 14.7 Å². The van der Waals surface area contributed by atoms with Gasteiger partial charge in [-0.1, -0.05) is 23.8 Å². The highest BCUT2D eigenvalue weighted by Crippen LogP contribution is 2.26. The molecule has 0 heterocycles. The van der Waals surface area contributed by atoms with Crippen LogP contribution in [0.15, 0.2) is 18.2 Å². The number of alkyl carbamates (subject to hydrolysis) is 1. The van der Waals surface area contributed by atoms with Crippen molar-refractivity contribution in [3.05, 3.63) is 34.9 Å². The van der Waals surface area contributed by atoms with Crippen LogP contribution in [0.1, 0.15) is 44.4 Å². The summed E-state index contributed by atoms with van der Waals surface area (Å²) >= 11 is 0. The average Bonchev–Trinajstić information content (AvgIpc) is 2.24. The third-order valence-corrected chi connectivity index (χ3v) is 3.10. The summed E-state index contributed by atoms with van der Waals surface area (Å²) in [5.74, 6) is -1.14. The van der Waals surface area contributed by atoms with Gasteiger partial charge in [0.2, 0.25) is 0 Å². The highest BCUT2D eigenvalue weighted by molar-refractivity contribution is 5.86. The molecule has 5 heteroatoms. The van der Waals surface area contributed by atoms with Crippen molar-refractivity contribution in [2.45, 2.75) is 52.7 Å². The van der Waals surface area contributed by atoms with Gasteiger partial charge in [0.25, 0.3) is 0 Å². The number of carboxylic acid groups (broad SMARTS) is 1.